The number of carbonyl (C=O) groups is 1. The molecule has 0 aromatic carbocycles. The Labute approximate surface area is 114 Å². The molecule has 3 N–H and O–H groups in total. The van der Waals surface area contributed by atoms with Crippen molar-refractivity contribution < 1.29 is 23.4 Å². The van der Waals surface area contributed by atoms with Crippen LogP contribution in [-0.2, 0) is 10.0 Å². The number of aromatic carboxylic acids is 1. The van der Waals surface area contributed by atoms with E-state index in [9.17, 15) is 18.3 Å². The average Bonchev–Trinajstić information content (AvgIpc) is 2.78. The second-order valence-electron chi connectivity index (χ2n) is 5.04. The summed E-state index contributed by atoms with van der Waals surface area (Å²) in [7, 11) is -3.93. The molecule has 1 aromatic rings. The van der Waals surface area contributed by atoms with Crippen LogP contribution >= 0.6 is 11.3 Å². The summed E-state index contributed by atoms with van der Waals surface area (Å²) in [6.07, 6.45) is -0.256. The third-order valence-corrected chi connectivity index (χ3v) is 6.34. The lowest BCUT2D eigenvalue weighted by Crippen LogP contribution is -2.61. The molecule has 0 bridgehead atoms. The minimum absolute atomic E-state index is 0.308. The van der Waals surface area contributed by atoms with Crippen LogP contribution in [0.1, 0.15) is 30.8 Å². The molecular formula is C10H14N2O5S2. The van der Waals surface area contributed by atoms with Crippen molar-refractivity contribution in [1.29, 1.82) is 0 Å². The number of aliphatic hydroxyl groups excluding tert-OH is 1. The van der Waals surface area contributed by atoms with Gasteiger partial charge >= 0.3 is 5.97 Å². The fourth-order valence-electron chi connectivity index (χ4n) is 1.91. The quantitative estimate of drug-likeness (QED) is 0.735. The SMILES string of the molecule is CC1(C)C(O)CC1NS(=O)(=O)c1scnc1C(=O)O. The van der Waals surface area contributed by atoms with Gasteiger partial charge in [-0.05, 0) is 6.42 Å². The fourth-order valence-corrected chi connectivity index (χ4v) is 4.47. The van der Waals surface area contributed by atoms with E-state index in [0.717, 1.165) is 11.3 Å². The van der Waals surface area contributed by atoms with Gasteiger partial charge < -0.3 is 10.2 Å². The van der Waals surface area contributed by atoms with Gasteiger partial charge in [0.25, 0.3) is 10.0 Å². The summed E-state index contributed by atoms with van der Waals surface area (Å²) in [6, 6.07) is -0.420. The first-order valence-corrected chi connectivity index (χ1v) is 7.89. The van der Waals surface area contributed by atoms with Crippen LogP contribution in [0.3, 0.4) is 0 Å². The number of hydrogen-bond acceptors (Lipinski definition) is 6. The maximum atomic E-state index is 12.1. The summed E-state index contributed by atoms with van der Waals surface area (Å²) in [5.41, 5.74) is 0.134. The average molecular weight is 306 g/mol. The molecule has 7 nitrogen and oxygen atoms in total. The molecule has 2 rings (SSSR count). The lowest BCUT2D eigenvalue weighted by molar-refractivity contribution is -0.0645. The number of rotatable bonds is 4. The lowest BCUT2D eigenvalue weighted by atomic mass is 9.65. The number of nitrogens with one attached hydrogen (secondary N) is 1. The van der Waals surface area contributed by atoms with Crippen molar-refractivity contribution in [3.05, 3.63) is 11.2 Å². The Balaban J connectivity index is 2.25. The Bertz CT molecular complexity index is 607. The Morgan fingerprint density at radius 3 is 2.68 bits per heavy atom. The zero-order valence-corrected chi connectivity index (χ0v) is 12.0. The van der Waals surface area contributed by atoms with Gasteiger partial charge in [0.15, 0.2) is 9.90 Å². The molecule has 1 aliphatic carbocycles. The summed E-state index contributed by atoms with van der Waals surface area (Å²) in [6.45, 7) is 3.50. The maximum absolute atomic E-state index is 12.1. The summed E-state index contributed by atoms with van der Waals surface area (Å²) >= 11 is 0.757. The predicted octanol–water partition coefficient (Wildman–Crippen LogP) is 0.279. The molecule has 1 saturated carbocycles. The largest absolute Gasteiger partial charge is 0.476 e. The second kappa shape index (κ2) is 4.51. The van der Waals surface area contributed by atoms with Crippen LogP contribution in [0.2, 0.25) is 0 Å². The summed E-state index contributed by atoms with van der Waals surface area (Å²) in [4.78, 5) is 14.4. The molecule has 0 amide bonds. The molecule has 1 fully saturated rings. The number of aliphatic hydroxyl groups is 1. The van der Waals surface area contributed by atoms with E-state index in [2.05, 4.69) is 9.71 Å². The Hall–Kier alpha value is -1.03. The first kappa shape index (κ1) is 14.4. The molecule has 1 aliphatic rings. The molecule has 0 saturated heterocycles. The molecule has 9 heteroatoms. The van der Waals surface area contributed by atoms with Gasteiger partial charge in [-0.3, -0.25) is 0 Å². The number of carboxylic acid groups (broad SMARTS) is 1. The van der Waals surface area contributed by atoms with Gasteiger partial charge in [0.2, 0.25) is 0 Å². The number of aromatic nitrogens is 1. The molecule has 0 spiro atoms. The molecule has 2 unspecified atom stereocenters. The van der Waals surface area contributed by atoms with Crippen molar-refractivity contribution in [2.75, 3.05) is 0 Å². The predicted molar refractivity (Wildman–Crippen MR) is 67.6 cm³/mol. The van der Waals surface area contributed by atoms with Crippen LogP contribution in [0, 0.1) is 5.41 Å². The Morgan fingerprint density at radius 1 is 1.58 bits per heavy atom. The van der Waals surface area contributed by atoms with E-state index in [1.165, 1.54) is 5.51 Å². The van der Waals surface area contributed by atoms with Gasteiger partial charge in [0.1, 0.15) is 0 Å². The minimum Gasteiger partial charge on any atom is -0.476 e. The van der Waals surface area contributed by atoms with Gasteiger partial charge in [-0.15, -0.1) is 11.3 Å². The maximum Gasteiger partial charge on any atom is 0.356 e. The summed E-state index contributed by atoms with van der Waals surface area (Å²) in [5.74, 6) is -1.38. The first-order chi connectivity index (χ1) is 8.66. The molecule has 0 aliphatic heterocycles. The molecule has 19 heavy (non-hydrogen) atoms. The van der Waals surface area contributed by atoms with Gasteiger partial charge in [0.05, 0.1) is 11.6 Å². The zero-order valence-electron chi connectivity index (χ0n) is 10.3. The molecule has 1 aromatic heterocycles. The number of carboxylic acids is 1. The Morgan fingerprint density at radius 2 is 2.21 bits per heavy atom. The van der Waals surface area contributed by atoms with E-state index in [0.29, 0.717) is 6.42 Å². The van der Waals surface area contributed by atoms with Gasteiger partial charge in [-0.2, -0.15) is 0 Å². The van der Waals surface area contributed by atoms with Crippen LogP contribution in [0.5, 0.6) is 0 Å². The van der Waals surface area contributed by atoms with Gasteiger partial charge in [-0.25, -0.2) is 22.9 Å². The molecular weight excluding hydrogens is 292 g/mol. The lowest BCUT2D eigenvalue weighted by Gasteiger charge is -2.49. The van der Waals surface area contributed by atoms with E-state index in [-0.39, 0.29) is 4.21 Å². The second-order valence-corrected chi connectivity index (χ2v) is 7.80. The van der Waals surface area contributed by atoms with Crippen LogP contribution < -0.4 is 4.72 Å². The topological polar surface area (TPSA) is 117 Å². The smallest absolute Gasteiger partial charge is 0.356 e. The highest BCUT2D eigenvalue weighted by Crippen LogP contribution is 2.41. The number of nitrogens with zero attached hydrogens (tertiary/aromatic N) is 1. The normalized spacial score (nSPS) is 25.8. The molecule has 106 valence electrons. The third kappa shape index (κ3) is 2.38. The number of thiazole rings is 1. The van der Waals surface area contributed by atoms with Gasteiger partial charge in [-0.1, -0.05) is 13.8 Å². The Kier molecular flexibility index (Phi) is 3.42. The number of sulfonamides is 1. The standard InChI is InChI=1S/C10H14N2O5S2/c1-10(2)5(3-6(10)13)12-19(16,17)9-7(8(14)15)11-4-18-9/h4-6,12-13H,3H2,1-2H3,(H,14,15). The highest BCUT2D eigenvalue weighted by atomic mass is 32.2. The molecule has 2 atom stereocenters. The van der Waals surface area contributed by atoms with Gasteiger partial charge in [0, 0.05) is 11.5 Å². The third-order valence-electron chi connectivity index (χ3n) is 3.49. The van der Waals surface area contributed by atoms with Crippen molar-refractivity contribution in [1.82, 2.24) is 9.71 Å². The highest BCUT2D eigenvalue weighted by Gasteiger charge is 2.49. The van der Waals surface area contributed by atoms with E-state index in [1.807, 2.05) is 0 Å². The number of hydrogen-bond donors (Lipinski definition) is 3. The minimum atomic E-state index is -3.93. The van der Waals surface area contributed by atoms with Crippen molar-refractivity contribution in [3.63, 3.8) is 0 Å². The van der Waals surface area contributed by atoms with Crippen molar-refractivity contribution in [2.24, 2.45) is 5.41 Å². The van der Waals surface area contributed by atoms with Crippen molar-refractivity contribution in [2.45, 2.75) is 36.6 Å². The monoisotopic (exact) mass is 306 g/mol. The molecule has 0 radical (unpaired) electrons. The van der Waals surface area contributed by atoms with Crippen molar-refractivity contribution >= 4 is 27.3 Å². The van der Waals surface area contributed by atoms with Crippen LogP contribution in [0.4, 0.5) is 0 Å². The molecule has 1 heterocycles. The first-order valence-electron chi connectivity index (χ1n) is 5.53. The van der Waals surface area contributed by atoms with E-state index >= 15 is 0 Å². The van der Waals surface area contributed by atoms with Crippen LogP contribution in [-0.4, -0.2) is 41.7 Å². The summed E-state index contributed by atoms with van der Waals surface area (Å²) in [5, 5.41) is 18.5. The van der Waals surface area contributed by atoms with Crippen molar-refractivity contribution in [3.8, 4) is 0 Å². The van der Waals surface area contributed by atoms with E-state index in [1.54, 1.807) is 13.8 Å². The zero-order chi connectivity index (χ0) is 14.4. The highest BCUT2D eigenvalue weighted by molar-refractivity contribution is 7.91. The van der Waals surface area contributed by atoms with E-state index in [4.69, 9.17) is 5.11 Å². The summed E-state index contributed by atoms with van der Waals surface area (Å²) < 4.78 is 26.4. The van der Waals surface area contributed by atoms with E-state index < -0.39 is 39.2 Å². The van der Waals surface area contributed by atoms with Crippen LogP contribution in [0.25, 0.3) is 0 Å². The fraction of sp³-hybridized carbons (Fsp3) is 0.600. The van der Waals surface area contributed by atoms with Crippen LogP contribution in [0.15, 0.2) is 9.72 Å².